The van der Waals surface area contributed by atoms with E-state index in [4.69, 9.17) is 6.85 Å². The van der Waals surface area contributed by atoms with Gasteiger partial charge in [-0.15, -0.1) is 0 Å². The van der Waals surface area contributed by atoms with Crippen LogP contribution in [-0.2, 0) is 6.54 Å². The van der Waals surface area contributed by atoms with E-state index in [-0.39, 0.29) is 41.3 Å². The summed E-state index contributed by atoms with van der Waals surface area (Å²) in [4.78, 5) is 13.3. The van der Waals surface area contributed by atoms with E-state index in [1.54, 1.807) is 24.3 Å². The zero-order valence-corrected chi connectivity index (χ0v) is 15.1. The maximum Gasteiger partial charge on any atom is 0.196 e. The number of halogens is 2. The third-order valence-electron chi connectivity index (χ3n) is 3.80. The summed E-state index contributed by atoms with van der Waals surface area (Å²) in [5.74, 6) is -0.447. The highest BCUT2D eigenvalue weighted by atomic mass is 127. The molecule has 124 valence electrons. The number of nitrogens with zero attached hydrogens (tertiary/aromatic N) is 1. The molecule has 0 atom stereocenters. The first kappa shape index (κ1) is 11.8. The van der Waals surface area contributed by atoms with Crippen LogP contribution in [0.5, 0.6) is 0 Å². The lowest BCUT2D eigenvalue weighted by Gasteiger charge is -2.04. The molecule has 0 spiro atoms. The fourth-order valence-corrected chi connectivity index (χ4v) is 3.22. The summed E-state index contributed by atoms with van der Waals surface area (Å²) < 4.78 is 55.8. The van der Waals surface area contributed by atoms with Crippen LogP contribution in [0.1, 0.15) is 42.0 Å². The Labute approximate surface area is 161 Å². The maximum absolute atomic E-state index is 13.3. The van der Waals surface area contributed by atoms with E-state index in [0.29, 0.717) is 28.4 Å². The van der Waals surface area contributed by atoms with Gasteiger partial charge in [0, 0.05) is 38.3 Å². The van der Waals surface area contributed by atoms with Crippen molar-refractivity contribution in [3.8, 4) is 0 Å². The van der Waals surface area contributed by atoms with Crippen molar-refractivity contribution in [1.29, 1.82) is 0 Å². The number of rotatable bonds is 7. The normalized spacial score (nSPS) is 14.0. The minimum Gasteiger partial charge on any atom is -0.347 e. The van der Waals surface area contributed by atoms with Crippen LogP contribution < -0.4 is 0 Å². The van der Waals surface area contributed by atoms with Gasteiger partial charge in [0.25, 0.3) is 0 Å². The van der Waals surface area contributed by atoms with Crippen LogP contribution in [0.2, 0.25) is 0 Å². The van der Waals surface area contributed by atoms with Gasteiger partial charge in [0.1, 0.15) is 0 Å². The second-order valence-corrected chi connectivity index (χ2v) is 6.58. The Balaban J connectivity index is 2.28. The van der Waals surface area contributed by atoms with Crippen molar-refractivity contribution in [2.75, 3.05) is 6.67 Å². The molecule has 24 heavy (non-hydrogen) atoms. The summed E-state index contributed by atoms with van der Waals surface area (Å²) in [6, 6.07) is 5.47. The Bertz CT molecular complexity index is 1100. The molecule has 2 aromatic carbocycles. The van der Waals surface area contributed by atoms with Crippen molar-refractivity contribution in [2.24, 2.45) is 0 Å². The number of carbonyl (C=O) groups excluding carboxylic acids is 1. The number of benzene rings is 2. The number of fused-ring (bicyclic) bond motifs is 1. The predicted molar refractivity (Wildman–Crippen MR) is 104 cm³/mol. The summed E-state index contributed by atoms with van der Waals surface area (Å²) in [5, 5.41) is 0.0659. The Morgan fingerprint density at radius 3 is 2.71 bits per heavy atom. The zero-order chi connectivity index (χ0) is 21.3. The van der Waals surface area contributed by atoms with Gasteiger partial charge in [-0.3, -0.25) is 9.18 Å². The molecule has 0 unspecified atom stereocenters. The third kappa shape index (κ3) is 3.53. The third-order valence-corrected chi connectivity index (χ3v) is 4.74. The number of para-hydroxylation sites is 1. The highest BCUT2D eigenvalue weighted by molar-refractivity contribution is 14.1. The van der Waals surface area contributed by atoms with Crippen LogP contribution in [0.4, 0.5) is 4.39 Å². The number of aromatic nitrogens is 1. The number of hydrogen-bond acceptors (Lipinski definition) is 1. The fraction of sp³-hybridized carbons (Fsp3) is 0.250. The molecule has 2 nitrogen and oxygen atoms in total. The second-order valence-electron chi connectivity index (χ2n) is 5.42. The first-order valence-corrected chi connectivity index (χ1v) is 8.83. The number of unbranched alkanes of at least 4 members (excludes halogenated alkanes) is 2. The van der Waals surface area contributed by atoms with Gasteiger partial charge >= 0.3 is 0 Å². The standard InChI is InChI=1S/C20H19FINO/c21-12-6-1-7-13-23-14-17(15-8-3-5-11-19(15)23)20(24)16-9-2-4-10-18(16)22/h2-5,8-11,14H,1,6-7,12-13H2/i3D,5D,8D,11D,14D. The van der Waals surface area contributed by atoms with E-state index in [1.807, 2.05) is 22.6 Å². The van der Waals surface area contributed by atoms with Crippen molar-refractivity contribution in [1.82, 2.24) is 4.57 Å². The number of aryl methyl sites for hydroxylation is 1. The number of ketones is 1. The lowest BCUT2D eigenvalue weighted by molar-refractivity contribution is 0.103. The lowest BCUT2D eigenvalue weighted by atomic mass is 10.0. The van der Waals surface area contributed by atoms with Gasteiger partial charge in [0.05, 0.1) is 13.5 Å². The van der Waals surface area contributed by atoms with Gasteiger partial charge in [-0.25, -0.2) is 0 Å². The van der Waals surface area contributed by atoms with Crippen LogP contribution in [-0.4, -0.2) is 17.0 Å². The van der Waals surface area contributed by atoms with Crippen LogP contribution >= 0.6 is 22.6 Å². The average molecular weight is 440 g/mol. The molecule has 0 saturated heterocycles. The molecule has 0 saturated carbocycles. The largest absolute Gasteiger partial charge is 0.347 e. The van der Waals surface area contributed by atoms with Crippen LogP contribution in [0, 0.1) is 3.57 Å². The number of carbonyl (C=O) groups is 1. The topological polar surface area (TPSA) is 22.0 Å². The lowest BCUT2D eigenvalue weighted by Crippen LogP contribution is -2.03. The van der Waals surface area contributed by atoms with E-state index in [2.05, 4.69) is 0 Å². The quantitative estimate of drug-likeness (QED) is 0.266. The molecule has 4 heteroatoms. The Kier molecular flexibility index (Phi) is 3.89. The molecule has 0 radical (unpaired) electrons. The molecule has 0 amide bonds. The molecular formula is C20H19FINO. The van der Waals surface area contributed by atoms with Crippen molar-refractivity contribution >= 4 is 39.3 Å². The minimum absolute atomic E-state index is 0.0263. The summed E-state index contributed by atoms with van der Waals surface area (Å²) >= 11 is 2.03. The maximum atomic E-state index is 13.3. The molecule has 1 heterocycles. The van der Waals surface area contributed by atoms with Gasteiger partial charge in [0.2, 0.25) is 0 Å². The molecular weight excluding hydrogens is 416 g/mol. The second kappa shape index (κ2) is 7.92. The molecule has 3 rings (SSSR count). The SMILES string of the molecule is [2H]c1c([2H])c([2H])c2c(c1[2H])c(C(=O)c1ccccc1I)c([2H])n2CCCCCF. The van der Waals surface area contributed by atoms with E-state index < -0.39 is 24.5 Å². The van der Waals surface area contributed by atoms with E-state index in [1.165, 1.54) is 4.57 Å². The summed E-state index contributed by atoms with van der Waals surface area (Å²) in [5.41, 5.74) is 0.502. The zero-order valence-electron chi connectivity index (χ0n) is 18.0. The highest BCUT2D eigenvalue weighted by Crippen LogP contribution is 2.26. The number of alkyl halides is 1. The van der Waals surface area contributed by atoms with Gasteiger partial charge in [-0.2, -0.15) is 0 Å². The van der Waals surface area contributed by atoms with Crippen LogP contribution in [0.3, 0.4) is 0 Å². The van der Waals surface area contributed by atoms with Crippen molar-refractivity contribution in [3.05, 3.63) is 69.3 Å². The number of hydrogen-bond donors (Lipinski definition) is 0. The van der Waals surface area contributed by atoms with Gasteiger partial charge < -0.3 is 4.57 Å². The molecule has 0 fully saturated rings. The molecule has 0 N–H and O–H groups in total. The molecule has 0 bridgehead atoms. The van der Waals surface area contributed by atoms with E-state index >= 15 is 0 Å². The summed E-state index contributed by atoms with van der Waals surface area (Å²) in [7, 11) is 0. The minimum atomic E-state index is -0.447. The molecule has 0 aliphatic rings. The van der Waals surface area contributed by atoms with Crippen molar-refractivity contribution in [3.63, 3.8) is 0 Å². The van der Waals surface area contributed by atoms with Crippen molar-refractivity contribution in [2.45, 2.75) is 25.8 Å². The van der Waals surface area contributed by atoms with Crippen molar-refractivity contribution < 1.29 is 16.0 Å². The van der Waals surface area contributed by atoms with Gasteiger partial charge in [0.15, 0.2) is 5.78 Å². The smallest absolute Gasteiger partial charge is 0.196 e. The van der Waals surface area contributed by atoms with Gasteiger partial charge in [-0.1, -0.05) is 30.3 Å². The highest BCUT2D eigenvalue weighted by Gasteiger charge is 2.18. The summed E-state index contributed by atoms with van der Waals surface area (Å²) in [6.07, 6.45) is 1.37. The van der Waals surface area contributed by atoms with E-state index in [9.17, 15) is 9.18 Å². The Morgan fingerprint density at radius 2 is 1.92 bits per heavy atom. The molecule has 0 aliphatic heterocycles. The fourth-order valence-electron chi connectivity index (χ4n) is 2.59. The predicted octanol–water partition coefficient (Wildman–Crippen LogP) is 5.62. The monoisotopic (exact) mass is 440 g/mol. The molecule has 3 aromatic rings. The van der Waals surface area contributed by atoms with Crippen LogP contribution in [0.25, 0.3) is 10.9 Å². The average Bonchev–Trinajstić information content (AvgIpc) is 3.00. The molecule has 1 aromatic heterocycles. The molecule has 0 aliphatic carbocycles. The summed E-state index contributed by atoms with van der Waals surface area (Å²) in [6.45, 7) is -0.160. The van der Waals surface area contributed by atoms with E-state index in [0.717, 1.165) is 0 Å². The van der Waals surface area contributed by atoms with Gasteiger partial charge in [-0.05, 0) is 60.0 Å². The Morgan fingerprint density at radius 1 is 1.12 bits per heavy atom. The first-order chi connectivity index (χ1) is 13.8. The Hall–Kier alpha value is -1.69. The van der Waals surface area contributed by atoms with Crippen LogP contribution in [0.15, 0.2) is 54.6 Å². The first-order valence-electron chi connectivity index (χ1n) is 10.3.